The summed E-state index contributed by atoms with van der Waals surface area (Å²) in [5.74, 6) is -2.04. The predicted octanol–water partition coefficient (Wildman–Crippen LogP) is 5.57. The molecule has 0 aliphatic heterocycles. The molecule has 2 aromatic rings. The van der Waals surface area contributed by atoms with Crippen LogP contribution in [0.15, 0.2) is 36.4 Å². The van der Waals surface area contributed by atoms with Crippen molar-refractivity contribution in [3.05, 3.63) is 58.1 Å². The second kappa shape index (κ2) is 9.46. The minimum absolute atomic E-state index is 0.0358. The molecule has 0 unspecified atom stereocenters. The number of esters is 1. The first kappa shape index (κ1) is 24.3. The highest BCUT2D eigenvalue weighted by molar-refractivity contribution is 6.31. The molecule has 0 radical (unpaired) electrons. The number of carbonyl (C=O) groups is 2. The molecule has 168 valence electrons. The molecular weight excluding hydrogens is 456 g/mol. The molecule has 0 saturated carbocycles. The van der Waals surface area contributed by atoms with Crippen LogP contribution in [0, 0.1) is 0 Å². The fraction of sp³-hybridized carbons (Fsp3) is 0.263. The second-order valence-electron chi connectivity index (χ2n) is 5.98. The Morgan fingerprint density at radius 2 is 1.55 bits per heavy atom. The molecule has 0 bridgehead atoms. The zero-order valence-corrected chi connectivity index (χ0v) is 16.4. The molecule has 1 N–H and O–H groups in total. The molecule has 5 nitrogen and oxygen atoms in total. The van der Waals surface area contributed by atoms with Crippen molar-refractivity contribution in [1.82, 2.24) is 0 Å². The molecule has 2 rings (SSSR count). The Hall–Kier alpha value is -2.95. The molecule has 0 aliphatic rings. The van der Waals surface area contributed by atoms with Gasteiger partial charge in [0.1, 0.15) is 5.75 Å². The number of anilines is 1. The van der Waals surface area contributed by atoms with Gasteiger partial charge in [-0.25, -0.2) is 4.79 Å². The van der Waals surface area contributed by atoms with Crippen LogP contribution in [-0.4, -0.2) is 25.1 Å². The van der Waals surface area contributed by atoms with Gasteiger partial charge in [0.2, 0.25) is 0 Å². The maximum atomic E-state index is 13.0. The van der Waals surface area contributed by atoms with Crippen molar-refractivity contribution in [2.75, 3.05) is 18.5 Å². The van der Waals surface area contributed by atoms with Gasteiger partial charge in [0.25, 0.3) is 5.91 Å². The molecule has 0 aliphatic carbocycles. The lowest BCUT2D eigenvalue weighted by Crippen LogP contribution is -2.19. The lowest BCUT2D eigenvalue weighted by Gasteiger charge is -2.16. The van der Waals surface area contributed by atoms with Crippen LogP contribution in [0.25, 0.3) is 0 Å². The Balaban J connectivity index is 2.36. The summed E-state index contributed by atoms with van der Waals surface area (Å²) in [5, 5.41) is 2.01. The zero-order valence-electron chi connectivity index (χ0n) is 15.7. The Morgan fingerprint density at radius 1 is 0.968 bits per heavy atom. The van der Waals surface area contributed by atoms with Crippen molar-refractivity contribution in [2.45, 2.75) is 19.3 Å². The lowest BCUT2D eigenvalue weighted by atomic mass is 10.1. The molecule has 0 atom stereocenters. The third-order valence-electron chi connectivity index (χ3n) is 3.68. The number of hydrogen-bond donors (Lipinski definition) is 1. The normalized spacial score (nSPS) is 11.7. The number of amides is 1. The summed E-state index contributed by atoms with van der Waals surface area (Å²) in [6, 6.07) is 4.25. The van der Waals surface area contributed by atoms with E-state index in [0.717, 1.165) is 6.07 Å². The van der Waals surface area contributed by atoms with E-state index in [4.69, 9.17) is 16.3 Å². The van der Waals surface area contributed by atoms with Crippen LogP contribution in [0.3, 0.4) is 0 Å². The highest BCUT2D eigenvalue weighted by atomic mass is 35.5. The molecule has 0 aromatic heterocycles. The van der Waals surface area contributed by atoms with Gasteiger partial charge in [0, 0.05) is 10.7 Å². The number of nitrogens with one attached hydrogen (secondary N) is 1. The fourth-order valence-electron chi connectivity index (χ4n) is 2.37. The van der Waals surface area contributed by atoms with Crippen LogP contribution in [0.5, 0.6) is 5.75 Å². The quantitative estimate of drug-likeness (QED) is 0.443. The first-order valence-corrected chi connectivity index (χ1v) is 8.88. The standard InChI is InChI=1S/C19H14ClF6NO4/c1-2-30-16(28)9-31-15-4-3-12(20)8-14(15)17(29)27-13-6-10(18(21,22)23)5-11(7-13)19(24,25)26/h3-8H,2,9H2,1H3,(H,27,29). The van der Waals surface area contributed by atoms with E-state index >= 15 is 0 Å². The smallest absolute Gasteiger partial charge is 0.416 e. The van der Waals surface area contributed by atoms with Crippen molar-refractivity contribution >= 4 is 29.2 Å². The van der Waals surface area contributed by atoms with E-state index in [2.05, 4.69) is 4.74 Å². The average molecular weight is 470 g/mol. The third kappa shape index (κ3) is 6.78. The highest BCUT2D eigenvalue weighted by Crippen LogP contribution is 2.37. The van der Waals surface area contributed by atoms with E-state index in [1.54, 1.807) is 6.92 Å². The molecule has 0 spiro atoms. The van der Waals surface area contributed by atoms with Gasteiger partial charge in [-0.1, -0.05) is 11.6 Å². The topological polar surface area (TPSA) is 64.6 Å². The van der Waals surface area contributed by atoms with Crippen LogP contribution >= 0.6 is 11.6 Å². The Labute approximate surface area is 176 Å². The third-order valence-corrected chi connectivity index (χ3v) is 3.92. The number of ether oxygens (including phenoxy) is 2. The summed E-state index contributed by atoms with van der Waals surface area (Å²) in [6.07, 6.45) is -10.2. The molecule has 0 heterocycles. The molecule has 0 fully saturated rings. The van der Waals surface area contributed by atoms with Crippen LogP contribution in [0.1, 0.15) is 28.4 Å². The Kier molecular flexibility index (Phi) is 7.42. The maximum absolute atomic E-state index is 13.0. The largest absolute Gasteiger partial charge is 0.481 e. The zero-order chi connectivity index (χ0) is 23.4. The number of carbonyl (C=O) groups excluding carboxylic acids is 2. The van der Waals surface area contributed by atoms with Crippen molar-refractivity contribution < 1.29 is 45.4 Å². The van der Waals surface area contributed by atoms with Crippen molar-refractivity contribution in [1.29, 1.82) is 0 Å². The van der Waals surface area contributed by atoms with E-state index in [0.29, 0.717) is 12.1 Å². The van der Waals surface area contributed by atoms with Crippen LogP contribution < -0.4 is 10.1 Å². The van der Waals surface area contributed by atoms with Crippen LogP contribution in [0.4, 0.5) is 32.0 Å². The first-order valence-electron chi connectivity index (χ1n) is 8.50. The number of hydrogen-bond acceptors (Lipinski definition) is 4. The maximum Gasteiger partial charge on any atom is 0.416 e. The molecule has 0 saturated heterocycles. The molecule has 31 heavy (non-hydrogen) atoms. The first-order chi connectivity index (χ1) is 14.3. The number of rotatable bonds is 6. The second-order valence-corrected chi connectivity index (χ2v) is 6.42. The van der Waals surface area contributed by atoms with Gasteiger partial charge >= 0.3 is 18.3 Å². The number of halogens is 7. The molecule has 2 aromatic carbocycles. The number of alkyl halides is 6. The summed E-state index contributed by atoms with van der Waals surface area (Å²) in [5.41, 5.74) is -4.25. The summed E-state index contributed by atoms with van der Waals surface area (Å²) >= 11 is 5.82. The summed E-state index contributed by atoms with van der Waals surface area (Å²) in [4.78, 5) is 24.0. The number of benzene rings is 2. The van der Waals surface area contributed by atoms with Gasteiger partial charge in [-0.15, -0.1) is 0 Å². The van der Waals surface area contributed by atoms with Crippen molar-refractivity contribution in [3.8, 4) is 5.75 Å². The highest BCUT2D eigenvalue weighted by Gasteiger charge is 2.37. The minimum atomic E-state index is -5.08. The molecule has 12 heteroatoms. The van der Waals surface area contributed by atoms with E-state index in [9.17, 15) is 35.9 Å². The minimum Gasteiger partial charge on any atom is -0.481 e. The van der Waals surface area contributed by atoms with Gasteiger partial charge in [0.05, 0.1) is 23.3 Å². The fourth-order valence-corrected chi connectivity index (χ4v) is 2.54. The van der Waals surface area contributed by atoms with E-state index in [-0.39, 0.29) is 29.0 Å². The Bertz CT molecular complexity index is 943. The van der Waals surface area contributed by atoms with Gasteiger partial charge < -0.3 is 14.8 Å². The van der Waals surface area contributed by atoms with Gasteiger partial charge in [-0.2, -0.15) is 26.3 Å². The summed E-state index contributed by atoms with van der Waals surface area (Å²) in [7, 11) is 0. The van der Waals surface area contributed by atoms with Crippen molar-refractivity contribution in [3.63, 3.8) is 0 Å². The van der Waals surface area contributed by atoms with E-state index < -0.39 is 47.7 Å². The monoisotopic (exact) mass is 469 g/mol. The SMILES string of the molecule is CCOC(=O)COc1ccc(Cl)cc1C(=O)Nc1cc(C(F)(F)F)cc(C(F)(F)F)c1. The van der Waals surface area contributed by atoms with Crippen molar-refractivity contribution in [2.24, 2.45) is 0 Å². The van der Waals surface area contributed by atoms with E-state index in [1.165, 1.54) is 12.1 Å². The summed E-state index contributed by atoms with van der Waals surface area (Å²) in [6.45, 7) is 1.05. The van der Waals surface area contributed by atoms with Gasteiger partial charge in [-0.3, -0.25) is 4.79 Å². The van der Waals surface area contributed by atoms with E-state index in [1.807, 2.05) is 5.32 Å². The van der Waals surface area contributed by atoms with Crippen LogP contribution in [-0.2, 0) is 21.9 Å². The van der Waals surface area contributed by atoms with Gasteiger partial charge in [0.15, 0.2) is 6.61 Å². The lowest BCUT2D eigenvalue weighted by molar-refractivity contribution is -0.145. The summed E-state index contributed by atoms with van der Waals surface area (Å²) < 4.78 is 87.8. The Morgan fingerprint density at radius 3 is 2.06 bits per heavy atom. The van der Waals surface area contributed by atoms with Gasteiger partial charge in [-0.05, 0) is 43.3 Å². The predicted molar refractivity (Wildman–Crippen MR) is 98.0 cm³/mol. The molecular formula is C19H14ClF6NO4. The average Bonchev–Trinajstić information content (AvgIpc) is 2.65. The van der Waals surface area contributed by atoms with Crippen LogP contribution in [0.2, 0.25) is 5.02 Å². The molecule has 1 amide bonds.